The zero-order valence-electron chi connectivity index (χ0n) is 19.3. The van der Waals surface area contributed by atoms with Crippen LogP contribution < -0.4 is 5.73 Å². The number of hydrogen-bond donors (Lipinski definition) is 2. The van der Waals surface area contributed by atoms with Gasteiger partial charge in [-0.25, -0.2) is 4.99 Å². The standard InChI is InChI=1S/C26H28ClN5O2/c1-16-13-19(10-12-34-16)32-23(33)15-26(2,30-25(32)28)21-8-4-7-20(24(21)27)17-5-3-6-18(14-17)22-9-11-29-31-22/h3-9,11,14,16,19H,10,12-13,15H2,1-2H3,(H2,28,30)(H,29,31)/t16-,19-,26-/m0/s1. The van der Waals surface area contributed by atoms with Gasteiger partial charge in [-0.15, -0.1) is 0 Å². The molecule has 1 saturated heterocycles. The number of carbonyl (C=O) groups is 1. The summed E-state index contributed by atoms with van der Waals surface area (Å²) in [6.45, 7) is 4.56. The number of ether oxygens (including phenoxy) is 1. The normalized spacial score (nSPS) is 25.3. The number of amides is 1. The van der Waals surface area contributed by atoms with Crippen LogP contribution in [0.4, 0.5) is 0 Å². The van der Waals surface area contributed by atoms with Gasteiger partial charge in [-0.2, -0.15) is 5.10 Å². The van der Waals surface area contributed by atoms with Gasteiger partial charge < -0.3 is 10.5 Å². The van der Waals surface area contributed by atoms with E-state index in [2.05, 4.69) is 16.3 Å². The van der Waals surface area contributed by atoms with Gasteiger partial charge in [0.15, 0.2) is 5.96 Å². The molecule has 2 aliphatic heterocycles. The van der Waals surface area contributed by atoms with Gasteiger partial charge in [0.05, 0.1) is 28.8 Å². The van der Waals surface area contributed by atoms with Gasteiger partial charge in [0.1, 0.15) is 0 Å². The molecule has 0 saturated carbocycles. The van der Waals surface area contributed by atoms with Gasteiger partial charge in [-0.05, 0) is 49.9 Å². The molecule has 34 heavy (non-hydrogen) atoms. The number of aromatic amines is 1. The Kier molecular flexibility index (Phi) is 5.91. The van der Waals surface area contributed by atoms with E-state index in [-0.39, 0.29) is 30.4 Å². The van der Waals surface area contributed by atoms with Crippen LogP contribution in [0, 0.1) is 0 Å². The van der Waals surface area contributed by atoms with Crippen molar-refractivity contribution in [2.24, 2.45) is 10.7 Å². The molecule has 3 aromatic rings. The van der Waals surface area contributed by atoms with Crippen LogP contribution in [0.25, 0.3) is 22.4 Å². The maximum atomic E-state index is 13.3. The van der Waals surface area contributed by atoms with Gasteiger partial charge in [0, 0.05) is 30.0 Å². The second-order valence-electron chi connectivity index (χ2n) is 9.26. The third kappa shape index (κ3) is 4.10. The predicted molar refractivity (Wildman–Crippen MR) is 133 cm³/mol. The molecule has 3 N–H and O–H groups in total. The van der Waals surface area contributed by atoms with Crippen molar-refractivity contribution in [2.45, 2.75) is 50.8 Å². The lowest BCUT2D eigenvalue weighted by molar-refractivity contribution is -0.133. The summed E-state index contributed by atoms with van der Waals surface area (Å²) in [5.41, 5.74) is 10.1. The smallest absolute Gasteiger partial charge is 0.232 e. The molecule has 2 aliphatic rings. The SMILES string of the molecule is C[C@H]1C[C@@H](N2C(=O)C[C@@](C)(c3cccc(-c4cccc(-c5ccn[nH]5)c4)c3Cl)N=C2N)CCO1. The number of carbonyl (C=O) groups excluding carboxylic acids is 1. The molecule has 3 atom stereocenters. The van der Waals surface area contributed by atoms with E-state index in [1.54, 1.807) is 11.1 Å². The van der Waals surface area contributed by atoms with E-state index in [9.17, 15) is 4.79 Å². The Morgan fingerprint density at radius 2 is 2.00 bits per heavy atom. The number of halogens is 1. The Labute approximate surface area is 204 Å². The lowest BCUT2D eigenvalue weighted by Crippen LogP contribution is -2.56. The highest BCUT2D eigenvalue weighted by Gasteiger charge is 2.42. The summed E-state index contributed by atoms with van der Waals surface area (Å²) in [6, 6.07) is 15.9. The zero-order chi connectivity index (χ0) is 23.9. The molecule has 0 radical (unpaired) electrons. The molecule has 0 unspecified atom stereocenters. The topological polar surface area (TPSA) is 96.6 Å². The Morgan fingerprint density at radius 1 is 1.21 bits per heavy atom. The van der Waals surface area contributed by atoms with Gasteiger partial charge >= 0.3 is 0 Å². The number of nitrogens with two attached hydrogens (primary N) is 1. The third-order valence-corrected chi connectivity index (χ3v) is 7.17. The zero-order valence-corrected chi connectivity index (χ0v) is 20.0. The maximum absolute atomic E-state index is 13.3. The first kappa shape index (κ1) is 22.6. The highest BCUT2D eigenvalue weighted by atomic mass is 35.5. The van der Waals surface area contributed by atoms with Gasteiger partial charge in [-0.3, -0.25) is 14.8 Å². The molecule has 0 spiro atoms. The number of rotatable bonds is 4. The highest BCUT2D eigenvalue weighted by molar-refractivity contribution is 6.34. The number of hydrogen-bond acceptors (Lipinski definition) is 5. The first-order valence-electron chi connectivity index (χ1n) is 11.5. The Hall–Kier alpha value is -3.16. The van der Waals surface area contributed by atoms with Crippen molar-refractivity contribution in [3.05, 3.63) is 65.3 Å². The average Bonchev–Trinajstić information content (AvgIpc) is 3.34. The summed E-state index contributed by atoms with van der Waals surface area (Å²) in [5, 5.41) is 7.61. The van der Waals surface area contributed by atoms with Crippen LogP contribution in [0.3, 0.4) is 0 Å². The lowest BCUT2D eigenvalue weighted by Gasteiger charge is -2.41. The molecule has 0 aliphatic carbocycles. The van der Waals surface area contributed by atoms with Crippen molar-refractivity contribution in [3.8, 4) is 22.4 Å². The molecule has 1 aromatic heterocycles. The maximum Gasteiger partial charge on any atom is 0.232 e. The Morgan fingerprint density at radius 3 is 2.74 bits per heavy atom. The first-order chi connectivity index (χ1) is 16.4. The van der Waals surface area contributed by atoms with E-state index in [1.165, 1.54) is 0 Å². The van der Waals surface area contributed by atoms with Crippen LogP contribution in [-0.4, -0.2) is 45.7 Å². The fourth-order valence-electron chi connectivity index (χ4n) is 5.05. The van der Waals surface area contributed by atoms with Crippen LogP contribution in [0.15, 0.2) is 59.7 Å². The molecule has 0 bridgehead atoms. The molecular weight excluding hydrogens is 450 g/mol. The van der Waals surface area contributed by atoms with E-state index in [1.807, 2.05) is 56.3 Å². The van der Waals surface area contributed by atoms with Crippen molar-refractivity contribution >= 4 is 23.5 Å². The van der Waals surface area contributed by atoms with Crippen molar-refractivity contribution in [2.75, 3.05) is 6.61 Å². The second kappa shape index (κ2) is 8.89. The minimum Gasteiger partial charge on any atom is -0.378 e. The van der Waals surface area contributed by atoms with E-state index in [0.29, 0.717) is 11.6 Å². The van der Waals surface area contributed by atoms with Crippen LogP contribution in [0.2, 0.25) is 5.02 Å². The van der Waals surface area contributed by atoms with E-state index in [0.717, 1.165) is 40.8 Å². The minimum absolute atomic E-state index is 0.0107. The second-order valence-corrected chi connectivity index (χ2v) is 9.64. The number of aliphatic imine (C=N–C) groups is 1. The highest BCUT2D eigenvalue weighted by Crippen LogP contribution is 2.42. The predicted octanol–water partition coefficient (Wildman–Crippen LogP) is 4.73. The monoisotopic (exact) mass is 477 g/mol. The summed E-state index contributed by atoms with van der Waals surface area (Å²) >= 11 is 6.97. The molecule has 5 rings (SSSR count). The molecular formula is C26H28ClN5O2. The Bertz CT molecular complexity index is 1240. The summed E-state index contributed by atoms with van der Waals surface area (Å²) < 4.78 is 5.64. The fraction of sp³-hybridized carbons (Fsp3) is 0.346. The third-order valence-electron chi connectivity index (χ3n) is 6.76. The number of aromatic nitrogens is 2. The summed E-state index contributed by atoms with van der Waals surface area (Å²) in [4.78, 5) is 19.8. The molecule has 3 heterocycles. The van der Waals surface area contributed by atoms with Gasteiger partial charge in [0.25, 0.3) is 0 Å². The van der Waals surface area contributed by atoms with Crippen molar-refractivity contribution in [3.63, 3.8) is 0 Å². The molecule has 2 aromatic carbocycles. The van der Waals surface area contributed by atoms with Crippen LogP contribution in [-0.2, 0) is 15.1 Å². The van der Waals surface area contributed by atoms with E-state index >= 15 is 0 Å². The molecule has 1 fully saturated rings. The number of H-pyrrole nitrogens is 1. The number of nitrogens with one attached hydrogen (secondary N) is 1. The van der Waals surface area contributed by atoms with Crippen molar-refractivity contribution in [1.29, 1.82) is 0 Å². The number of guanidine groups is 1. The van der Waals surface area contributed by atoms with E-state index < -0.39 is 5.54 Å². The Balaban J connectivity index is 1.50. The quantitative estimate of drug-likeness (QED) is 0.567. The summed E-state index contributed by atoms with van der Waals surface area (Å²) in [7, 11) is 0. The number of benzene rings is 2. The summed E-state index contributed by atoms with van der Waals surface area (Å²) in [5.74, 6) is 0.220. The number of nitrogens with zero attached hydrogens (tertiary/aromatic N) is 3. The van der Waals surface area contributed by atoms with Gasteiger partial charge in [0.2, 0.25) is 5.91 Å². The molecule has 7 nitrogen and oxygen atoms in total. The van der Waals surface area contributed by atoms with E-state index in [4.69, 9.17) is 27.1 Å². The van der Waals surface area contributed by atoms with Crippen LogP contribution >= 0.6 is 11.6 Å². The first-order valence-corrected chi connectivity index (χ1v) is 11.9. The summed E-state index contributed by atoms with van der Waals surface area (Å²) in [6.07, 6.45) is 3.53. The minimum atomic E-state index is -0.845. The largest absolute Gasteiger partial charge is 0.378 e. The lowest BCUT2D eigenvalue weighted by atomic mass is 9.85. The average molecular weight is 478 g/mol. The van der Waals surface area contributed by atoms with Crippen molar-refractivity contribution in [1.82, 2.24) is 15.1 Å². The molecule has 176 valence electrons. The molecule has 1 amide bonds. The van der Waals surface area contributed by atoms with Gasteiger partial charge in [-0.1, -0.05) is 48.0 Å². The van der Waals surface area contributed by atoms with Crippen LogP contribution in [0.5, 0.6) is 0 Å². The van der Waals surface area contributed by atoms with Crippen LogP contribution in [0.1, 0.15) is 38.7 Å². The van der Waals surface area contributed by atoms with Crippen molar-refractivity contribution < 1.29 is 9.53 Å². The molecule has 8 heteroatoms. The fourth-order valence-corrected chi connectivity index (χ4v) is 5.49.